The van der Waals surface area contributed by atoms with Gasteiger partial charge in [0.2, 0.25) is 5.91 Å². The van der Waals surface area contributed by atoms with Crippen LogP contribution in [-0.4, -0.2) is 49.4 Å². The Bertz CT molecular complexity index is 869. The maximum absolute atomic E-state index is 12.6. The molecule has 0 unspecified atom stereocenters. The molecule has 1 aromatic heterocycles. The van der Waals surface area contributed by atoms with Gasteiger partial charge in [0.15, 0.2) is 0 Å². The van der Waals surface area contributed by atoms with E-state index in [1.165, 1.54) is 37.6 Å². The van der Waals surface area contributed by atoms with Crippen molar-refractivity contribution in [3.63, 3.8) is 0 Å². The van der Waals surface area contributed by atoms with Gasteiger partial charge in [0.1, 0.15) is 0 Å². The predicted octanol–water partition coefficient (Wildman–Crippen LogP) is 3.17. The number of nitrogens with one attached hydrogen (secondary N) is 2. The Morgan fingerprint density at radius 1 is 1.10 bits per heavy atom. The SMILES string of the molecule is CC(=O)NCc1ccc(C(=O)Nc2cccc(N3CCN(CC4CC4)CC3)c2)s1. The summed E-state index contributed by atoms with van der Waals surface area (Å²) in [7, 11) is 0. The Morgan fingerprint density at radius 3 is 2.62 bits per heavy atom. The van der Waals surface area contributed by atoms with Gasteiger partial charge in [-0.15, -0.1) is 11.3 Å². The summed E-state index contributed by atoms with van der Waals surface area (Å²) < 4.78 is 0. The van der Waals surface area contributed by atoms with Gasteiger partial charge in [-0.25, -0.2) is 0 Å². The van der Waals surface area contributed by atoms with Crippen molar-refractivity contribution in [3.05, 3.63) is 46.2 Å². The van der Waals surface area contributed by atoms with E-state index >= 15 is 0 Å². The molecule has 2 fully saturated rings. The Balaban J connectivity index is 1.32. The van der Waals surface area contributed by atoms with Gasteiger partial charge < -0.3 is 15.5 Å². The lowest BCUT2D eigenvalue weighted by Crippen LogP contribution is -2.47. The number of rotatable bonds is 7. The lowest BCUT2D eigenvalue weighted by Gasteiger charge is -2.36. The summed E-state index contributed by atoms with van der Waals surface area (Å²) in [6.07, 6.45) is 2.81. The molecule has 1 aromatic carbocycles. The van der Waals surface area contributed by atoms with E-state index in [1.807, 2.05) is 18.2 Å². The molecular weight excluding hydrogens is 384 g/mol. The molecule has 0 bridgehead atoms. The normalized spacial score (nSPS) is 17.2. The summed E-state index contributed by atoms with van der Waals surface area (Å²) in [6.45, 7) is 7.48. The monoisotopic (exact) mass is 412 g/mol. The number of amides is 2. The summed E-state index contributed by atoms with van der Waals surface area (Å²) in [5.74, 6) is 0.751. The van der Waals surface area contributed by atoms with Gasteiger partial charge in [-0.2, -0.15) is 0 Å². The minimum atomic E-state index is -0.115. The first-order valence-electron chi connectivity index (χ1n) is 10.3. The zero-order valence-corrected chi connectivity index (χ0v) is 17.6. The van der Waals surface area contributed by atoms with Crippen LogP contribution in [-0.2, 0) is 11.3 Å². The van der Waals surface area contributed by atoms with E-state index in [4.69, 9.17) is 0 Å². The van der Waals surface area contributed by atoms with Gasteiger partial charge in [-0.1, -0.05) is 6.07 Å². The van der Waals surface area contributed by atoms with Gasteiger partial charge in [0, 0.05) is 55.9 Å². The molecule has 0 radical (unpaired) electrons. The summed E-state index contributed by atoms with van der Waals surface area (Å²) in [5.41, 5.74) is 1.97. The van der Waals surface area contributed by atoms with E-state index in [0.29, 0.717) is 11.4 Å². The highest BCUT2D eigenvalue weighted by atomic mass is 32.1. The molecule has 2 aliphatic rings. The first kappa shape index (κ1) is 19.9. The third-order valence-corrected chi connectivity index (χ3v) is 6.54. The number of benzene rings is 1. The molecule has 1 aliphatic carbocycles. The van der Waals surface area contributed by atoms with E-state index in [1.54, 1.807) is 6.07 Å². The van der Waals surface area contributed by atoms with Gasteiger partial charge in [0.25, 0.3) is 5.91 Å². The number of nitrogens with zero attached hydrogens (tertiary/aromatic N) is 2. The maximum Gasteiger partial charge on any atom is 0.265 e. The lowest BCUT2D eigenvalue weighted by molar-refractivity contribution is -0.119. The van der Waals surface area contributed by atoms with E-state index in [0.717, 1.165) is 48.3 Å². The van der Waals surface area contributed by atoms with E-state index in [9.17, 15) is 9.59 Å². The van der Waals surface area contributed by atoms with Crippen molar-refractivity contribution in [2.24, 2.45) is 5.92 Å². The minimum absolute atomic E-state index is 0.0745. The summed E-state index contributed by atoms with van der Waals surface area (Å²) in [4.78, 5) is 30.2. The fourth-order valence-electron chi connectivity index (χ4n) is 3.63. The molecule has 2 N–H and O–H groups in total. The Kier molecular flexibility index (Phi) is 6.16. The molecule has 2 heterocycles. The van der Waals surface area contributed by atoms with Crippen LogP contribution in [0.1, 0.15) is 34.3 Å². The molecule has 0 spiro atoms. The molecule has 6 nitrogen and oxygen atoms in total. The van der Waals surface area contributed by atoms with Crippen molar-refractivity contribution in [3.8, 4) is 0 Å². The lowest BCUT2D eigenvalue weighted by atomic mass is 10.2. The summed E-state index contributed by atoms with van der Waals surface area (Å²) in [5, 5.41) is 5.76. The molecule has 0 atom stereocenters. The number of thiophene rings is 1. The second kappa shape index (κ2) is 8.97. The average molecular weight is 413 g/mol. The zero-order valence-electron chi connectivity index (χ0n) is 16.8. The minimum Gasteiger partial charge on any atom is -0.369 e. The standard InChI is InChI=1S/C22H28N4O2S/c1-16(27)23-14-20-7-8-21(29-20)22(28)24-18-3-2-4-19(13-18)26-11-9-25(10-12-26)15-17-5-6-17/h2-4,7-8,13,17H,5-6,9-12,14-15H2,1H3,(H,23,27)(H,24,28). The number of hydrogen-bond donors (Lipinski definition) is 2. The first-order chi connectivity index (χ1) is 14.1. The number of anilines is 2. The quantitative estimate of drug-likeness (QED) is 0.733. The van der Waals surface area contributed by atoms with E-state index in [2.05, 4.69) is 32.6 Å². The van der Waals surface area contributed by atoms with Gasteiger partial charge in [0.05, 0.1) is 11.4 Å². The van der Waals surface area contributed by atoms with Gasteiger partial charge in [-0.05, 0) is 49.1 Å². The third kappa shape index (κ3) is 5.58. The fraction of sp³-hybridized carbons (Fsp3) is 0.455. The molecule has 1 saturated carbocycles. The maximum atomic E-state index is 12.6. The van der Waals surface area contributed by atoms with Crippen molar-refractivity contribution in [1.29, 1.82) is 0 Å². The Hall–Kier alpha value is -2.38. The Labute approximate surface area is 175 Å². The molecule has 2 aromatic rings. The molecule has 7 heteroatoms. The van der Waals surface area contributed by atoms with Crippen LogP contribution >= 0.6 is 11.3 Å². The molecule has 4 rings (SSSR count). The largest absolute Gasteiger partial charge is 0.369 e. The van der Waals surface area contributed by atoms with Crippen molar-refractivity contribution >= 4 is 34.5 Å². The highest BCUT2D eigenvalue weighted by Gasteiger charge is 2.26. The second-order valence-corrected chi connectivity index (χ2v) is 9.08. The van der Waals surface area contributed by atoms with Crippen LogP contribution in [0.2, 0.25) is 0 Å². The van der Waals surface area contributed by atoms with Gasteiger partial charge in [-0.3, -0.25) is 14.5 Å². The van der Waals surface area contributed by atoms with Gasteiger partial charge >= 0.3 is 0 Å². The summed E-state index contributed by atoms with van der Waals surface area (Å²) >= 11 is 1.40. The van der Waals surface area contributed by atoms with Crippen molar-refractivity contribution < 1.29 is 9.59 Å². The number of carbonyl (C=O) groups excluding carboxylic acids is 2. The van der Waals surface area contributed by atoms with Crippen LogP contribution < -0.4 is 15.5 Å². The molecule has 29 heavy (non-hydrogen) atoms. The highest BCUT2D eigenvalue weighted by molar-refractivity contribution is 7.14. The number of carbonyl (C=O) groups is 2. The van der Waals surface area contributed by atoms with Crippen LogP contribution in [0.25, 0.3) is 0 Å². The van der Waals surface area contributed by atoms with Crippen LogP contribution in [0.5, 0.6) is 0 Å². The fourth-order valence-corrected chi connectivity index (χ4v) is 4.48. The van der Waals surface area contributed by atoms with Crippen molar-refractivity contribution in [1.82, 2.24) is 10.2 Å². The Morgan fingerprint density at radius 2 is 1.90 bits per heavy atom. The molecule has 2 amide bonds. The molecule has 154 valence electrons. The average Bonchev–Trinajstić information content (AvgIpc) is 3.40. The second-order valence-electron chi connectivity index (χ2n) is 7.91. The molecule has 1 aliphatic heterocycles. The highest BCUT2D eigenvalue weighted by Crippen LogP contribution is 2.30. The van der Waals surface area contributed by atoms with Crippen molar-refractivity contribution in [2.75, 3.05) is 42.9 Å². The van der Waals surface area contributed by atoms with Crippen LogP contribution in [0.4, 0.5) is 11.4 Å². The zero-order chi connectivity index (χ0) is 20.2. The predicted molar refractivity (Wildman–Crippen MR) is 118 cm³/mol. The van der Waals surface area contributed by atoms with Crippen LogP contribution in [0.15, 0.2) is 36.4 Å². The smallest absolute Gasteiger partial charge is 0.265 e. The van der Waals surface area contributed by atoms with Crippen LogP contribution in [0.3, 0.4) is 0 Å². The topological polar surface area (TPSA) is 64.7 Å². The van der Waals surface area contributed by atoms with Crippen molar-refractivity contribution in [2.45, 2.75) is 26.3 Å². The summed E-state index contributed by atoms with van der Waals surface area (Å²) in [6, 6.07) is 11.8. The third-order valence-electron chi connectivity index (χ3n) is 5.45. The van der Waals surface area contributed by atoms with Crippen LogP contribution in [0, 0.1) is 5.92 Å². The number of hydrogen-bond acceptors (Lipinski definition) is 5. The number of piperazine rings is 1. The molecule has 1 saturated heterocycles. The molecular formula is C22H28N4O2S. The van der Waals surface area contributed by atoms with E-state index in [-0.39, 0.29) is 11.8 Å². The first-order valence-corrected chi connectivity index (χ1v) is 11.1. The van der Waals surface area contributed by atoms with E-state index < -0.39 is 0 Å².